The van der Waals surface area contributed by atoms with Gasteiger partial charge in [-0.05, 0) is 28.7 Å². The number of carbonyl (C=O) groups excluding carboxylic acids is 1. The lowest BCUT2D eigenvalue weighted by Gasteiger charge is -2.18. The number of amides is 1. The van der Waals surface area contributed by atoms with Crippen LogP contribution < -0.4 is 5.43 Å². The molecule has 4 nitrogen and oxygen atoms in total. The molecule has 0 aliphatic carbocycles. The van der Waals surface area contributed by atoms with E-state index in [1.165, 1.54) is 17.3 Å². The predicted molar refractivity (Wildman–Crippen MR) is 111 cm³/mol. The van der Waals surface area contributed by atoms with Crippen LogP contribution in [-0.4, -0.2) is 22.9 Å². The molecular weight excluding hydrogens is 362 g/mol. The Morgan fingerprint density at radius 1 is 1.19 bits per heavy atom. The highest BCUT2D eigenvalue weighted by molar-refractivity contribution is 8.01. The number of thiazole rings is 1. The molecule has 26 heavy (non-hydrogen) atoms. The maximum atomic E-state index is 11.9. The highest BCUT2D eigenvalue weighted by Crippen LogP contribution is 2.29. The van der Waals surface area contributed by atoms with Gasteiger partial charge in [-0.2, -0.15) is 5.10 Å². The van der Waals surface area contributed by atoms with Gasteiger partial charge in [0, 0.05) is 0 Å². The van der Waals surface area contributed by atoms with Crippen molar-refractivity contribution in [2.45, 2.75) is 30.5 Å². The Morgan fingerprint density at radius 2 is 1.92 bits per heavy atom. The summed E-state index contributed by atoms with van der Waals surface area (Å²) in [6, 6.07) is 16.2. The number of nitrogens with zero attached hydrogens (tertiary/aromatic N) is 2. The first-order valence-electron chi connectivity index (χ1n) is 8.33. The summed E-state index contributed by atoms with van der Waals surface area (Å²) in [5.41, 5.74) is 5.89. The van der Waals surface area contributed by atoms with Gasteiger partial charge in [0.15, 0.2) is 4.34 Å². The van der Waals surface area contributed by atoms with Gasteiger partial charge in [0.1, 0.15) is 0 Å². The lowest BCUT2D eigenvalue weighted by molar-refractivity contribution is -0.118. The van der Waals surface area contributed by atoms with Crippen molar-refractivity contribution in [1.29, 1.82) is 0 Å². The Balaban J connectivity index is 1.49. The van der Waals surface area contributed by atoms with Gasteiger partial charge in [-0.25, -0.2) is 10.4 Å². The van der Waals surface area contributed by atoms with Gasteiger partial charge in [-0.15, -0.1) is 11.3 Å². The van der Waals surface area contributed by atoms with Crippen LogP contribution in [0.1, 0.15) is 31.9 Å². The molecular formula is C20H21N3OS2. The molecule has 3 aromatic rings. The maximum absolute atomic E-state index is 11.9. The molecule has 2 aromatic carbocycles. The molecule has 0 aliphatic rings. The number of fused-ring (bicyclic) bond motifs is 1. The van der Waals surface area contributed by atoms with Crippen LogP contribution in [0, 0.1) is 0 Å². The van der Waals surface area contributed by atoms with Crippen molar-refractivity contribution in [3.8, 4) is 0 Å². The van der Waals surface area contributed by atoms with Gasteiger partial charge in [0.2, 0.25) is 0 Å². The molecule has 0 bridgehead atoms. The van der Waals surface area contributed by atoms with E-state index in [4.69, 9.17) is 0 Å². The highest BCUT2D eigenvalue weighted by atomic mass is 32.2. The molecule has 3 rings (SSSR count). The summed E-state index contributed by atoms with van der Waals surface area (Å²) in [5.74, 6) is 0.150. The number of nitrogens with one attached hydrogen (secondary N) is 1. The summed E-state index contributed by atoms with van der Waals surface area (Å²) in [5, 5.41) is 4.03. The molecule has 1 amide bonds. The quantitative estimate of drug-likeness (QED) is 0.390. The first-order valence-corrected chi connectivity index (χ1v) is 10.1. The van der Waals surface area contributed by atoms with Gasteiger partial charge in [-0.1, -0.05) is 68.9 Å². The molecule has 0 fully saturated rings. The van der Waals surface area contributed by atoms with E-state index in [9.17, 15) is 4.79 Å². The molecule has 0 radical (unpaired) electrons. The molecule has 0 aliphatic heterocycles. The zero-order valence-corrected chi connectivity index (χ0v) is 16.7. The number of hydrogen-bond donors (Lipinski definition) is 1. The summed E-state index contributed by atoms with van der Waals surface area (Å²) >= 11 is 3.02. The topological polar surface area (TPSA) is 54.4 Å². The molecule has 0 unspecified atom stereocenters. The number of aromatic nitrogens is 1. The molecule has 0 saturated carbocycles. The Morgan fingerprint density at radius 3 is 2.62 bits per heavy atom. The van der Waals surface area contributed by atoms with Crippen molar-refractivity contribution in [3.63, 3.8) is 0 Å². The minimum absolute atomic E-state index is 0.127. The average Bonchev–Trinajstić information content (AvgIpc) is 3.03. The first kappa shape index (κ1) is 18.6. The lowest BCUT2D eigenvalue weighted by Crippen LogP contribution is -2.19. The van der Waals surface area contributed by atoms with Crippen molar-refractivity contribution in [2.24, 2.45) is 5.10 Å². The summed E-state index contributed by atoms with van der Waals surface area (Å²) in [7, 11) is 0. The molecule has 0 saturated heterocycles. The summed E-state index contributed by atoms with van der Waals surface area (Å²) in [6.07, 6.45) is 1.66. The smallest absolute Gasteiger partial charge is 0.250 e. The minimum atomic E-state index is -0.142. The van der Waals surface area contributed by atoms with E-state index in [0.717, 1.165) is 20.1 Å². The number of para-hydroxylation sites is 1. The van der Waals surface area contributed by atoms with Gasteiger partial charge in [0.25, 0.3) is 5.91 Å². The second kappa shape index (κ2) is 8.01. The maximum Gasteiger partial charge on any atom is 0.250 e. The number of hydrazone groups is 1. The minimum Gasteiger partial charge on any atom is -0.272 e. The molecule has 1 aromatic heterocycles. The molecule has 6 heteroatoms. The van der Waals surface area contributed by atoms with Crippen molar-refractivity contribution < 1.29 is 4.79 Å². The van der Waals surface area contributed by atoms with E-state index in [1.54, 1.807) is 17.6 Å². The molecule has 1 N–H and O–H groups in total. The van der Waals surface area contributed by atoms with E-state index in [2.05, 4.69) is 48.4 Å². The highest BCUT2D eigenvalue weighted by Gasteiger charge is 2.12. The molecule has 0 spiro atoms. The third kappa shape index (κ3) is 4.93. The number of benzene rings is 2. The second-order valence-electron chi connectivity index (χ2n) is 6.90. The monoisotopic (exact) mass is 383 g/mol. The van der Waals surface area contributed by atoms with E-state index in [-0.39, 0.29) is 11.3 Å². The van der Waals surface area contributed by atoms with Crippen LogP contribution in [0.4, 0.5) is 0 Å². The number of carbonyl (C=O) groups is 1. The Hall–Kier alpha value is -2.18. The number of rotatable bonds is 5. The lowest BCUT2D eigenvalue weighted by atomic mass is 9.87. The summed E-state index contributed by atoms with van der Waals surface area (Å²) < 4.78 is 2.02. The van der Waals surface area contributed by atoms with Crippen molar-refractivity contribution in [3.05, 3.63) is 59.7 Å². The normalized spacial score (nSPS) is 12.0. The van der Waals surface area contributed by atoms with Crippen LogP contribution in [-0.2, 0) is 10.2 Å². The van der Waals surface area contributed by atoms with Crippen LogP contribution in [0.3, 0.4) is 0 Å². The van der Waals surface area contributed by atoms with E-state index >= 15 is 0 Å². The zero-order chi connectivity index (χ0) is 18.6. The van der Waals surface area contributed by atoms with E-state index in [0.29, 0.717) is 5.75 Å². The van der Waals surface area contributed by atoms with Crippen molar-refractivity contribution in [2.75, 3.05) is 5.75 Å². The Kier molecular flexibility index (Phi) is 5.74. The van der Waals surface area contributed by atoms with Crippen LogP contribution in [0.5, 0.6) is 0 Å². The van der Waals surface area contributed by atoms with Crippen LogP contribution in [0.25, 0.3) is 10.2 Å². The fourth-order valence-corrected chi connectivity index (χ4v) is 4.18. The summed E-state index contributed by atoms with van der Waals surface area (Å²) in [4.78, 5) is 16.4. The fourth-order valence-electron chi connectivity index (χ4n) is 2.32. The largest absolute Gasteiger partial charge is 0.272 e. The first-order chi connectivity index (χ1) is 12.4. The second-order valence-corrected chi connectivity index (χ2v) is 9.15. The van der Waals surface area contributed by atoms with E-state index in [1.807, 2.05) is 36.4 Å². The van der Waals surface area contributed by atoms with Gasteiger partial charge < -0.3 is 0 Å². The Labute approximate surface area is 161 Å². The molecule has 0 atom stereocenters. The van der Waals surface area contributed by atoms with Crippen LogP contribution in [0.2, 0.25) is 0 Å². The molecule has 134 valence electrons. The van der Waals surface area contributed by atoms with Crippen LogP contribution >= 0.6 is 23.1 Å². The third-order valence-corrected chi connectivity index (χ3v) is 5.96. The van der Waals surface area contributed by atoms with Gasteiger partial charge >= 0.3 is 0 Å². The number of thioether (sulfide) groups is 1. The van der Waals surface area contributed by atoms with Crippen LogP contribution in [0.15, 0.2) is 58.0 Å². The number of hydrogen-bond acceptors (Lipinski definition) is 5. The standard InChI is InChI=1S/C20H21N3OS2/c1-20(2,3)15-10-8-14(9-11-15)12-21-23-18(24)13-25-19-22-16-6-4-5-7-17(16)26-19/h4-12H,13H2,1-3H3,(H,23,24). The SMILES string of the molecule is CC(C)(C)c1ccc(C=NNC(=O)CSc2nc3ccccc3s2)cc1. The Bertz CT molecular complexity index is 891. The van der Waals surface area contributed by atoms with Crippen molar-refractivity contribution >= 4 is 45.4 Å². The molecule has 1 heterocycles. The summed E-state index contributed by atoms with van der Waals surface area (Å²) in [6.45, 7) is 6.54. The predicted octanol–water partition coefficient (Wildman–Crippen LogP) is 4.84. The van der Waals surface area contributed by atoms with Gasteiger partial charge in [0.05, 0.1) is 22.2 Å². The van der Waals surface area contributed by atoms with Gasteiger partial charge in [-0.3, -0.25) is 4.79 Å². The zero-order valence-electron chi connectivity index (χ0n) is 15.0. The van der Waals surface area contributed by atoms with Crippen molar-refractivity contribution in [1.82, 2.24) is 10.4 Å². The average molecular weight is 384 g/mol. The van der Waals surface area contributed by atoms with E-state index < -0.39 is 0 Å². The fraction of sp³-hybridized carbons (Fsp3) is 0.250. The third-order valence-electron chi connectivity index (χ3n) is 3.78.